The second-order valence-corrected chi connectivity index (χ2v) is 8.86. The number of amides is 4. The largest absolute Gasteiger partial charge is 0.335 e. The van der Waals surface area contributed by atoms with Crippen LogP contribution in [0.25, 0.3) is 11.8 Å². The van der Waals surface area contributed by atoms with Gasteiger partial charge in [-0.2, -0.15) is 0 Å². The van der Waals surface area contributed by atoms with E-state index in [0.29, 0.717) is 5.69 Å². The third-order valence-electron chi connectivity index (χ3n) is 5.42. The number of imide groups is 2. The lowest BCUT2D eigenvalue weighted by Crippen LogP contribution is -2.54. The summed E-state index contributed by atoms with van der Waals surface area (Å²) >= 11 is 3.34. The molecule has 0 radical (unpaired) electrons. The number of aryl methyl sites for hydroxylation is 3. The molecule has 0 saturated carbocycles. The maximum Gasteiger partial charge on any atom is 0.335 e. The van der Waals surface area contributed by atoms with Crippen LogP contribution in [0.4, 0.5) is 10.5 Å². The molecule has 1 aliphatic rings. The van der Waals surface area contributed by atoms with Crippen LogP contribution in [-0.2, 0) is 9.59 Å². The van der Waals surface area contributed by atoms with Gasteiger partial charge in [0.2, 0.25) is 0 Å². The predicted molar refractivity (Wildman–Crippen MR) is 128 cm³/mol. The number of benzene rings is 2. The van der Waals surface area contributed by atoms with Gasteiger partial charge in [-0.25, -0.2) is 9.69 Å². The second kappa shape index (κ2) is 8.24. The minimum atomic E-state index is -0.764. The monoisotopic (exact) mass is 491 g/mol. The molecule has 0 atom stereocenters. The van der Waals surface area contributed by atoms with Crippen molar-refractivity contribution in [1.29, 1.82) is 0 Å². The minimum absolute atomic E-state index is 0.0896. The molecule has 0 bridgehead atoms. The average molecular weight is 492 g/mol. The Morgan fingerprint density at radius 2 is 1.47 bits per heavy atom. The molecule has 1 fully saturated rings. The number of urea groups is 1. The number of barbiturate groups is 1. The molecule has 0 unspecified atom stereocenters. The number of nitrogens with one attached hydrogen (secondary N) is 1. The van der Waals surface area contributed by atoms with E-state index in [4.69, 9.17) is 0 Å². The quantitative estimate of drug-likeness (QED) is 0.407. The number of hydrogen-bond donors (Lipinski definition) is 1. The molecule has 0 aliphatic carbocycles. The summed E-state index contributed by atoms with van der Waals surface area (Å²) in [5, 5.41) is 2.27. The van der Waals surface area contributed by atoms with Crippen LogP contribution in [0.5, 0.6) is 0 Å². The van der Waals surface area contributed by atoms with E-state index < -0.39 is 17.8 Å². The van der Waals surface area contributed by atoms with E-state index in [9.17, 15) is 14.4 Å². The molecular formula is C25H22BrN3O3. The third-order valence-corrected chi connectivity index (χ3v) is 5.95. The molecule has 4 rings (SSSR count). The van der Waals surface area contributed by atoms with Crippen LogP contribution in [0.2, 0.25) is 0 Å². The molecule has 2 heterocycles. The lowest BCUT2D eigenvalue weighted by molar-refractivity contribution is -0.122. The molecule has 6 nitrogen and oxygen atoms in total. The van der Waals surface area contributed by atoms with Crippen LogP contribution in [0.15, 0.2) is 58.6 Å². The average Bonchev–Trinajstić information content (AvgIpc) is 2.98. The smallest absolute Gasteiger partial charge is 0.318 e. The summed E-state index contributed by atoms with van der Waals surface area (Å²) in [6.07, 6.45) is 1.55. The van der Waals surface area contributed by atoms with Crippen molar-refractivity contribution in [2.24, 2.45) is 0 Å². The summed E-state index contributed by atoms with van der Waals surface area (Å²) in [7, 11) is 0. The molecular weight excluding hydrogens is 470 g/mol. The lowest BCUT2D eigenvalue weighted by atomic mass is 10.1. The van der Waals surface area contributed by atoms with E-state index in [2.05, 4.69) is 44.0 Å². The van der Waals surface area contributed by atoms with Gasteiger partial charge in [0, 0.05) is 21.5 Å². The van der Waals surface area contributed by atoms with Crippen molar-refractivity contribution in [2.75, 3.05) is 4.90 Å². The summed E-state index contributed by atoms with van der Waals surface area (Å²) in [6.45, 7) is 8.02. The fourth-order valence-corrected chi connectivity index (χ4v) is 4.31. The summed E-state index contributed by atoms with van der Waals surface area (Å²) in [6, 6.07) is 14.2. The molecule has 1 aliphatic heterocycles. The molecule has 1 saturated heterocycles. The highest BCUT2D eigenvalue weighted by molar-refractivity contribution is 9.10. The molecule has 4 amide bonds. The van der Waals surface area contributed by atoms with Crippen LogP contribution in [-0.4, -0.2) is 22.4 Å². The Kier molecular flexibility index (Phi) is 5.60. The zero-order chi connectivity index (χ0) is 23.2. The van der Waals surface area contributed by atoms with Gasteiger partial charge in [0.05, 0.1) is 5.69 Å². The first-order valence-electron chi connectivity index (χ1n) is 10.1. The number of carbonyl (C=O) groups excluding carboxylic acids is 3. The van der Waals surface area contributed by atoms with Gasteiger partial charge in [0.25, 0.3) is 11.8 Å². The molecule has 162 valence electrons. The van der Waals surface area contributed by atoms with Gasteiger partial charge < -0.3 is 4.57 Å². The van der Waals surface area contributed by atoms with Crippen LogP contribution in [0, 0.1) is 27.7 Å². The van der Waals surface area contributed by atoms with E-state index >= 15 is 0 Å². The minimum Gasteiger partial charge on any atom is -0.318 e. The number of nitrogens with zero attached hydrogens (tertiary/aromatic N) is 2. The van der Waals surface area contributed by atoms with Gasteiger partial charge in [-0.15, -0.1) is 0 Å². The van der Waals surface area contributed by atoms with E-state index in [0.717, 1.165) is 43.1 Å². The Hall–Kier alpha value is -3.45. The number of halogens is 1. The van der Waals surface area contributed by atoms with Crippen molar-refractivity contribution in [3.8, 4) is 5.69 Å². The van der Waals surface area contributed by atoms with Crippen LogP contribution < -0.4 is 10.2 Å². The molecule has 3 aromatic rings. The molecule has 0 spiro atoms. The van der Waals surface area contributed by atoms with Crippen molar-refractivity contribution < 1.29 is 14.4 Å². The van der Waals surface area contributed by atoms with E-state index in [1.807, 2.05) is 33.8 Å². The Bertz CT molecular complexity index is 1280. The van der Waals surface area contributed by atoms with Crippen LogP contribution >= 0.6 is 15.9 Å². The maximum atomic E-state index is 13.2. The maximum absolute atomic E-state index is 13.2. The topological polar surface area (TPSA) is 71.4 Å². The predicted octanol–water partition coefficient (Wildman–Crippen LogP) is 5.14. The zero-order valence-electron chi connectivity index (χ0n) is 18.2. The van der Waals surface area contributed by atoms with E-state index in [1.165, 1.54) is 0 Å². The van der Waals surface area contributed by atoms with Gasteiger partial charge >= 0.3 is 6.03 Å². The Morgan fingerprint density at radius 3 is 2.09 bits per heavy atom. The first kappa shape index (κ1) is 21.8. The lowest BCUT2D eigenvalue weighted by Gasteiger charge is -2.26. The standard InChI is InChI=1S/C25H22BrN3O3/c1-14-9-15(2)11-21(10-14)28-16(3)12-18(17(28)4)13-22-23(30)27-25(32)29(24(22)31)20-7-5-19(26)6-8-20/h5-13H,1-4H3,(H,27,30,32)/b22-13+. The van der Waals surface area contributed by atoms with Gasteiger partial charge in [-0.3, -0.25) is 14.9 Å². The Balaban J connectivity index is 1.77. The fourth-order valence-electron chi connectivity index (χ4n) is 4.05. The van der Waals surface area contributed by atoms with Crippen LogP contribution in [0.3, 0.4) is 0 Å². The highest BCUT2D eigenvalue weighted by Crippen LogP contribution is 2.27. The van der Waals surface area contributed by atoms with Gasteiger partial charge in [-0.1, -0.05) is 22.0 Å². The van der Waals surface area contributed by atoms with Crippen molar-refractivity contribution in [1.82, 2.24) is 9.88 Å². The highest BCUT2D eigenvalue weighted by Gasteiger charge is 2.37. The van der Waals surface area contributed by atoms with Gasteiger partial charge in [-0.05, 0) is 92.9 Å². The van der Waals surface area contributed by atoms with Gasteiger partial charge in [0.1, 0.15) is 5.57 Å². The van der Waals surface area contributed by atoms with Gasteiger partial charge in [0.15, 0.2) is 0 Å². The summed E-state index contributed by atoms with van der Waals surface area (Å²) < 4.78 is 2.91. The Morgan fingerprint density at radius 1 is 0.844 bits per heavy atom. The summed E-state index contributed by atoms with van der Waals surface area (Å²) in [4.78, 5) is 39.1. The van der Waals surface area contributed by atoms with Crippen molar-refractivity contribution >= 4 is 45.5 Å². The SMILES string of the molecule is Cc1cc(C)cc(-n2c(C)cc(/C=C3\C(=O)NC(=O)N(c4ccc(Br)cc4)C3=O)c2C)c1. The molecule has 1 N–H and O–H groups in total. The van der Waals surface area contributed by atoms with Crippen molar-refractivity contribution in [3.05, 3.63) is 86.7 Å². The normalized spacial score (nSPS) is 15.5. The molecule has 7 heteroatoms. The van der Waals surface area contributed by atoms with Crippen molar-refractivity contribution in [3.63, 3.8) is 0 Å². The third kappa shape index (κ3) is 3.91. The number of aromatic nitrogens is 1. The number of anilines is 1. The zero-order valence-corrected chi connectivity index (χ0v) is 19.8. The molecule has 1 aromatic heterocycles. The number of rotatable bonds is 3. The first-order chi connectivity index (χ1) is 15.2. The van der Waals surface area contributed by atoms with E-state index in [-0.39, 0.29) is 5.57 Å². The summed E-state index contributed by atoms with van der Waals surface area (Å²) in [5.74, 6) is -1.36. The highest BCUT2D eigenvalue weighted by atomic mass is 79.9. The van der Waals surface area contributed by atoms with E-state index in [1.54, 1.807) is 30.3 Å². The summed E-state index contributed by atoms with van der Waals surface area (Å²) in [5.41, 5.74) is 6.23. The van der Waals surface area contributed by atoms with Crippen molar-refractivity contribution in [2.45, 2.75) is 27.7 Å². The van der Waals surface area contributed by atoms with Crippen LogP contribution in [0.1, 0.15) is 28.1 Å². The number of hydrogen-bond acceptors (Lipinski definition) is 3. The molecule has 32 heavy (non-hydrogen) atoms. The number of carbonyl (C=O) groups is 3. The fraction of sp³-hybridized carbons (Fsp3) is 0.160. The molecule has 2 aromatic carbocycles. The second-order valence-electron chi connectivity index (χ2n) is 7.94. The Labute approximate surface area is 194 Å². The first-order valence-corrected chi connectivity index (χ1v) is 10.9.